The first kappa shape index (κ1) is 14.8. The van der Waals surface area contributed by atoms with E-state index in [0.29, 0.717) is 10.8 Å². The van der Waals surface area contributed by atoms with Gasteiger partial charge in [-0.25, -0.2) is 4.39 Å². The average molecular weight is 294 g/mol. The molecular weight excluding hydrogens is 277 g/mol. The number of hydrogen-bond acceptors (Lipinski definition) is 2. The van der Waals surface area contributed by atoms with Gasteiger partial charge in [-0.05, 0) is 56.3 Å². The van der Waals surface area contributed by atoms with E-state index in [4.69, 9.17) is 16.3 Å². The minimum absolute atomic E-state index is 0.0844. The molecule has 2 rings (SSSR count). The molecule has 0 bridgehead atoms. The Labute approximate surface area is 123 Å². The van der Waals surface area contributed by atoms with E-state index >= 15 is 0 Å². The van der Waals surface area contributed by atoms with Crippen molar-refractivity contribution in [2.75, 3.05) is 7.05 Å². The van der Waals surface area contributed by atoms with Crippen LogP contribution in [0.5, 0.6) is 11.5 Å². The Morgan fingerprint density at radius 2 is 1.90 bits per heavy atom. The fraction of sp³-hybridized carbons (Fsp3) is 0.250. The molecule has 2 aromatic carbocycles. The van der Waals surface area contributed by atoms with Gasteiger partial charge in [0.15, 0.2) is 11.6 Å². The molecule has 0 aromatic heterocycles. The number of halogens is 2. The van der Waals surface area contributed by atoms with Crippen molar-refractivity contribution in [1.29, 1.82) is 0 Å². The van der Waals surface area contributed by atoms with Crippen LogP contribution in [0.15, 0.2) is 36.4 Å². The first-order valence-electron chi connectivity index (χ1n) is 6.42. The van der Waals surface area contributed by atoms with Gasteiger partial charge in [-0.1, -0.05) is 23.7 Å². The van der Waals surface area contributed by atoms with E-state index in [2.05, 4.69) is 5.32 Å². The van der Waals surface area contributed by atoms with E-state index < -0.39 is 5.82 Å². The maximum Gasteiger partial charge on any atom is 0.166 e. The van der Waals surface area contributed by atoms with E-state index in [0.717, 1.165) is 11.1 Å². The smallest absolute Gasteiger partial charge is 0.166 e. The van der Waals surface area contributed by atoms with Gasteiger partial charge in [-0.3, -0.25) is 0 Å². The molecule has 2 aromatic rings. The minimum Gasteiger partial charge on any atom is -0.453 e. The van der Waals surface area contributed by atoms with E-state index in [1.165, 1.54) is 6.07 Å². The van der Waals surface area contributed by atoms with Crippen molar-refractivity contribution < 1.29 is 9.13 Å². The van der Waals surface area contributed by atoms with Crippen molar-refractivity contribution in [3.63, 3.8) is 0 Å². The Morgan fingerprint density at radius 1 is 1.15 bits per heavy atom. The average Bonchev–Trinajstić information content (AvgIpc) is 2.44. The zero-order valence-electron chi connectivity index (χ0n) is 11.7. The van der Waals surface area contributed by atoms with Crippen LogP contribution in [0.4, 0.5) is 4.39 Å². The van der Waals surface area contributed by atoms with Crippen molar-refractivity contribution in [2.24, 2.45) is 0 Å². The molecule has 0 aliphatic rings. The fourth-order valence-electron chi connectivity index (χ4n) is 1.84. The standard InChI is InChI=1S/C16H17ClFNO/c1-10-4-6-13(17)16(8-10)20-15-7-5-12(9-14(15)18)11(2)19-3/h4-9,11,19H,1-3H3. The van der Waals surface area contributed by atoms with Gasteiger partial charge in [-0.2, -0.15) is 0 Å². The third kappa shape index (κ3) is 3.30. The number of rotatable bonds is 4. The molecule has 4 heteroatoms. The predicted octanol–water partition coefficient (Wildman–Crippen LogP) is 4.86. The maximum atomic E-state index is 14.1. The quantitative estimate of drug-likeness (QED) is 0.869. The summed E-state index contributed by atoms with van der Waals surface area (Å²) in [6, 6.07) is 10.4. The number of nitrogens with one attached hydrogen (secondary N) is 1. The predicted molar refractivity (Wildman–Crippen MR) is 80.1 cm³/mol. The molecule has 0 fully saturated rings. The molecule has 1 N–H and O–H groups in total. The lowest BCUT2D eigenvalue weighted by Crippen LogP contribution is -2.12. The molecule has 0 spiro atoms. The van der Waals surface area contributed by atoms with Crippen LogP contribution >= 0.6 is 11.6 Å². The van der Waals surface area contributed by atoms with Crippen LogP contribution in [0, 0.1) is 12.7 Å². The van der Waals surface area contributed by atoms with Crippen molar-refractivity contribution in [3.8, 4) is 11.5 Å². The summed E-state index contributed by atoms with van der Waals surface area (Å²) < 4.78 is 19.6. The molecule has 0 aliphatic heterocycles. The summed E-state index contributed by atoms with van der Waals surface area (Å²) in [5, 5.41) is 3.53. The van der Waals surface area contributed by atoms with E-state index in [9.17, 15) is 4.39 Å². The molecule has 0 heterocycles. The molecule has 106 valence electrons. The highest BCUT2D eigenvalue weighted by Crippen LogP contribution is 2.32. The number of ether oxygens (including phenoxy) is 1. The third-order valence-electron chi connectivity index (χ3n) is 3.20. The van der Waals surface area contributed by atoms with Gasteiger partial charge in [0.05, 0.1) is 5.02 Å². The molecule has 0 radical (unpaired) electrons. The van der Waals surface area contributed by atoms with Gasteiger partial charge in [0, 0.05) is 6.04 Å². The van der Waals surface area contributed by atoms with Gasteiger partial charge >= 0.3 is 0 Å². The van der Waals surface area contributed by atoms with Gasteiger partial charge in [0.1, 0.15) is 5.75 Å². The lowest BCUT2D eigenvalue weighted by molar-refractivity contribution is 0.440. The minimum atomic E-state index is -0.401. The summed E-state index contributed by atoms with van der Waals surface area (Å²) in [5.74, 6) is 0.228. The first-order valence-corrected chi connectivity index (χ1v) is 6.79. The molecular formula is C16H17ClFNO. The van der Waals surface area contributed by atoms with Crippen molar-refractivity contribution >= 4 is 11.6 Å². The second-order valence-corrected chi connectivity index (χ2v) is 5.14. The maximum absolute atomic E-state index is 14.1. The lowest BCUT2D eigenvalue weighted by Gasteiger charge is -2.13. The molecule has 0 saturated heterocycles. The molecule has 1 unspecified atom stereocenters. The van der Waals surface area contributed by atoms with Crippen molar-refractivity contribution in [1.82, 2.24) is 5.32 Å². The molecule has 0 aliphatic carbocycles. The second-order valence-electron chi connectivity index (χ2n) is 4.74. The Morgan fingerprint density at radius 3 is 2.55 bits per heavy atom. The van der Waals surface area contributed by atoms with Gasteiger partial charge in [-0.15, -0.1) is 0 Å². The van der Waals surface area contributed by atoms with Gasteiger partial charge in [0.25, 0.3) is 0 Å². The highest BCUT2D eigenvalue weighted by Gasteiger charge is 2.11. The van der Waals surface area contributed by atoms with Crippen molar-refractivity contribution in [2.45, 2.75) is 19.9 Å². The zero-order chi connectivity index (χ0) is 14.7. The summed E-state index contributed by atoms with van der Waals surface area (Å²) in [6.45, 7) is 3.89. The molecule has 20 heavy (non-hydrogen) atoms. The molecule has 1 atom stereocenters. The van der Waals surface area contributed by atoms with Crippen LogP contribution in [-0.2, 0) is 0 Å². The highest BCUT2D eigenvalue weighted by atomic mass is 35.5. The van der Waals surface area contributed by atoms with E-state index in [-0.39, 0.29) is 11.8 Å². The largest absolute Gasteiger partial charge is 0.453 e. The van der Waals surface area contributed by atoms with Crippen LogP contribution in [-0.4, -0.2) is 7.05 Å². The third-order valence-corrected chi connectivity index (χ3v) is 3.51. The van der Waals surface area contributed by atoms with Crippen LogP contribution in [0.2, 0.25) is 5.02 Å². The summed E-state index contributed by atoms with van der Waals surface area (Å²) in [4.78, 5) is 0. The van der Waals surface area contributed by atoms with E-state index in [1.54, 1.807) is 18.2 Å². The van der Waals surface area contributed by atoms with E-state index in [1.807, 2.05) is 33.0 Å². The van der Waals surface area contributed by atoms with Gasteiger partial charge < -0.3 is 10.1 Å². The van der Waals surface area contributed by atoms with Crippen molar-refractivity contribution in [3.05, 3.63) is 58.4 Å². The molecule has 0 saturated carbocycles. The SMILES string of the molecule is CNC(C)c1ccc(Oc2cc(C)ccc2Cl)c(F)c1. The topological polar surface area (TPSA) is 21.3 Å². The summed E-state index contributed by atoms with van der Waals surface area (Å²) >= 11 is 6.05. The molecule has 0 amide bonds. The Kier molecular flexibility index (Phi) is 4.63. The van der Waals surface area contributed by atoms with Crippen LogP contribution in [0.25, 0.3) is 0 Å². The second kappa shape index (κ2) is 6.25. The monoisotopic (exact) mass is 293 g/mol. The fourth-order valence-corrected chi connectivity index (χ4v) is 2.00. The Balaban J connectivity index is 2.28. The lowest BCUT2D eigenvalue weighted by atomic mass is 10.1. The Hall–Kier alpha value is -1.58. The number of benzene rings is 2. The summed E-state index contributed by atoms with van der Waals surface area (Å²) in [5.41, 5.74) is 1.87. The summed E-state index contributed by atoms with van der Waals surface area (Å²) in [7, 11) is 1.83. The molecule has 2 nitrogen and oxygen atoms in total. The van der Waals surface area contributed by atoms with Crippen LogP contribution in [0.3, 0.4) is 0 Å². The highest BCUT2D eigenvalue weighted by molar-refractivity contribution is 6.32. The first-order chi connectivity index (χ1) is 9.51. The van der Waals surface area contributed by atoms with Gasteiger partial charge in [0.2, 0.25) is 0 Å². The number of aryl methyl sites for hydroxylation is 1. The Bertz CT molecular complexity index is 615. The van der Waals surface area contributed by atoms with Crippen LogP contribution in [0.1, 0.15) is 24.1 Å². The number of hydrogen-bond donors (Lipinski definition) is 1. The normalized spacial score (nSPS) is 12.2. The summed E-state index contributed by atoms with van der Waals surface area (Å²) in [6.07, 6.45) is 0. The van der Waals surface area contributed by atoms with Crippen LogP contribution < -0.4 is 10.1 Å². The zero-order valence-corrected chi connectivity index (χ0v) is 12.5.